The van der Waals surface area contributed by atoms with E-state index in [4.69, 9.17) is 16.3 Å². The molecule has 1 saturated heterocycles. The van der Waals surface area contributed by atoms with Crippen LogP contribution in [0.15, 0.2) is 54.2 Å². The highest BCUT2D eigenvalue weighted by molar-refractivity contribution is 7.12. The summed E-state index contributed by atoms with van der Waals surface area (Å²) in [5.41, 5.74) is 0. The number of hydrogen-bond acceptors (Lipinski definition) is 6. The fraction of sp³-hybridized carbons (Fsp3) is 0.211. The standard InChI is InChI=1S/C19H17ClN4O2S/c20-14-4-1-2-5-15(14)26-18-12-17(21-13-22-18)23-7-9-24(10-8-23)19(25)16-6-3-11-27-16/h1-6,11-13H,7-10H2. The summed E-state index contributed by atoms with van der Waals surface area (Å²) in [6.07, 6.45) is 1.48. The number of halogens is 1. The molecule has 0 bridgehead atoms. The summed E-state index contributed by atoms with van der Waals surface area (Å²) < 4.78 is 5.78. The van der Waals surface area contributed by atoms with Crippen molar-refractivity contribution in [1.29, 1.82) is 0 Å². The van der Waals surface area contributed by atoms with Gasteiger partial charge < -0.3 is 14.5 Å². The van der Waals surface area contributed by atoms with Crippen LogP contribution in [0.4, 0.5) is 5.82 Å². The molecular weight excluding hydrogens is 384 g/mol. The normalized spacial score (nSPS) is 14.3. The first-order chi connectivity index (χ1) is 13.2. The van der Waals surface area contributed by atoms with Gasteiger partial charge in [-0.15, -0.1) is 11.3 Å². The molecule has 0 radical (unpaired) electrons. The summed E-state index contributed by atoms with van der Waals surface area (Å²) in [7, 11) is 0. The van der Waals surface area contributed by atoms with E-state index in [0.29, 0.717) is 42.8 Å². The predicted molar refractivity (Wildman–Crippen MR) is 106 cm³/mol. The molecule has 1 fully saturated rings. The van der Waals surface area contributed by atoms with Crippen molar-refractivity contribution in [2.75, 3.05) is 31.1 Å². The second-order valence-electron chi connectivity index (χ2n) is 6.00. The number of para-hydroxylation sites is 1. The van der Waals surface area contributed by atoms with Crippen molar-refractivity contribution < 1.29 is 9.53 Å². The van der Waals surface area contributed by atoms with Crippen LogP contribution in [0.1, 0.15) is 9.67 Å². The molecule has 3 heterocycles. The van der Waals surface area contributed by atoms with E-state index < -0.39 is 0 Å². The number of benzene rings is 1. The van der Waals surface area contributed by atoms with E-state index in [1.54, 1.807) is 18.2 Å². The number of amides is 1. The van der Waals surface area contributed by atoms with Crippen LogP contribution in [0.2, 0.25) is 5.02 Å². The summed E-state index contributed by atoms with van der Waals surface area (Å²) in [4.78, 5) is 25.7. The van der Waals surface area contributed by atoms with Crippen LogP contribution in [0, 0.1) is 0 Å². The number of carbonyl (C=O) groups excluding carboxylic acids is 1. The Bertz CT molecular complexity index is 927. The van der Waals surface area contributed by atoms with Crippen LogP contribution < -0.4 is 9.64 Å². The van der Waals surface area contributed by atoms with Crippen molar-refractivity contribution in [2.24, 2.45) is 0 Å². The Labute approximate surface area is 166 Å². The summed E-state index contributed by atoms with van der Waals surface area (Å²) >= 11 is 7.61. The molecule has 1 aromatic carbocycles. The first-order valence-corrected chi connectivity index (χ1v) is 9.78. The number of anilines is 1. The summed E-state index contributed by atoms with van der Waals surface area (Å²) in [6, 6.07) is 12.8. The zero-order valence-corrected chi connectivity index (χ0v) is 16.0. The topological polar surface area (TPSA) is 58.6 Å². The quantitative estimate of drug-likeness (QED) is 0.663. The molecule has 4 rings (SSSR count). The second kappa shape index (κ2) is 7.94. The first-order valence-electron chi connectivity index (χ1n) is 8.53. The lowest BCUT2D eigenvalue weighted by atomic mass is 10.3. The minimum absolute atomic E-state index is 0.0927. The molecule has 0 unspecified atom stereocenters. The van der Waals surface area contributed by atoms with Gasteiger partial charge in [0, 0.05) is 32.2 Å². The van der Waals surface area contributed by atoms with Gasteiger partial charge in [0.2, 0.25) is 5.88 Å². The van der Waals surface area contributed by atoms with Gasteiger partial charge in [0.1, 0.15) is 17.9 Å². The monoisotopic (exact) mass is 400 g/mol. The molecule has 1 amide bonds. The van der Waals surface area contributed by atoms with E-state index in [9.17, 15) is 4.79 Å². The average Bonchev–Trinajstić information content (AvgIpc) is 3.24. The van der Waals surface area contributed by atoms with Gasteiger partial charge in [-0.3, -0.25) is 4.79 Å². The summed E-state index contributed by atoms with van der Waals surface area (Å²) in [5.74, 6) is 1.85. The smallest absolute Gasteiger partial charge is 0.264 e. The molecule has 138 valence electrons. The lowest BCUT2D eigenvalue weighted by Crippen LogP contribution is -2.48. The molecule has 6 nitrogen and oxygen atoms in total. The summed E-state index contributed by atoms with van der Waals surface area (Å²) in [6.45, 7) is 2.72. The number of nitrogens with zero attached hydrogens (tertiary/aromatic N) is 4. The maximum Gasteiger partial charge on any atom is 0.264 e. The molecule has 1 aliphatic heterocycles. The van der Waals surface area contributed by atoms with Crippen molar-refractivity contribution in [2.45, 2.75) is 0 Å². The van der Waals surface area contributed by atoms with Crippen LogP contribution in [0.5, 0.6) is 11.6 Å². The third kappa shape index (κ3) is 4.04. The highest BCUT2D eigenvalue weighted by Crippen LogP contribution is 2.29. The summed E-state index contributed by atoms with van der Waals surface area (Å²) in [5, 5.41) is 2.45. The minimum atomic E-state index is 0.0927. The SMILES string of the molecule is O=C(c1cccs1)N1CCN(c2cc(Oc3ccccc3Cl)ncn2)CC1. The molecule has 3 aromatic rings. The molecule has 0 saturated carbocycles. The van der Waals surface area contributed by atoms with Crippen LogP contribution in [0.3, 0.4) is 0 Å². The number of rotatable bonds is 4. The van der Waals surface area contributed by atoms with Crippen LogP contribution in [0.25, 0.3) is 0 Å². The van der Waals surface area contributed by atoms with Crippen molar-refractivity contribution >= 4 is 34.7 Å². The van der Waals surface area contributed by atoms with Crippen molar-refractivity contribution in [1.82, 2.24) is 14.9 Å². The molecule has 27 heavy (non-hydrogen) atoms. The van der Waals surface area contributed by atoms with Crippen LogP contribution >= 0.6 is 22.9 Å². The lowest BCUT2D eigenvalue weighted by molar-refractivity contribution is 0.0751. The van der Waals surface area contributed by atoms with Crippen molar-refractivity contribution in [3.05, 3.63) is 64.1 Å². The molecule has 8 heteroatoms. The highest BCUT2D eigenvalue weighted by Gasteiger charge is 2.23. The van der Waals surface area contributed by atoms with Gasteiger partial charge in [-0.2, -0.15) is 0 Å². The molecule has 0 atom stereocenters. The molecule has 2 aromatic heterocycles. The number of carbonyl (C=O) groups is 1. The predicted octanol–water partition coefficient (Wildman–Crippen LogP) is 3.95. The zero-order chi connectivity index (χ0) is 18.6. The van der Waals surface area contributed by atoms with Crippen molar-refractivity contribution in [3.63, 3.8) is 0 Å². The molecule has 1 aliphatic rings. The van der Waals surface area contributed by atoms with E-state index in [2.05, 4.69) is 14.9 Å². The number of aromatic nitrogens is 2. The minimum Gasteiger partial charge on any atom is -0.437 e. The number of thiophene rings is 1. The second-order valence-corrected chi connectivity index (χ2v) is 7.36. The Balaban J connectivity index is 1.41. The Morgan fingerprint density at radius 1 is 1.07 bits per heavy atom. The number of hydrogen-bond donors (Lipinski definition) is 0. The van der Waals surface area contributed by atoms with Gasteiger partial charge in [0.05, 0.1) is 9.90 Å². The molecule has 0 N–H and O–H groups in total. The number of piperazine rings is 1. The molecular formula is C19H17ClN4O2S. The first kappa shape index (κ1) is 17.8. The number of ether oxygens (including phenoxy) is 1. The Kier molecular flexibility index (Phi) is 5.22. The fourth-order valence-corrected chi connectivity index (χ4v) is 3.76. The van der Waals surface area contributed by atoms with Gasteiger partial charge in [-0.05, 0) is 23.6 Å². The van der Waals surface area contributed by atoms with Gasteiger partial charge >= 0.3 is 0 Å². The Hall–Kier alpha value is -2.64. The van der Waals surface area contributed by atoms with E-state index in [1.165, 1.54) is 17.7 Å². The van der Waals surface area contributed by atoms with E-state index in [1.807, 2.05) is 34.5 Å². The van der Waals surface area contributed by atoms with E-state index in [0.717, 1.165) is 10.7 Å². The zero-order valence-electron chi connectivity index (χ0n) is 14.4. The maximum absolute atomic E-state index is 12.5. The maximum atomic E-state index is 12.5. The lowest BCUT2D eigenvalue weighted by Gasteiger charge is -2.35. The van der Waals surface area contributed by atoms with Crippen molar-refractivity contribution in [3.8, 4) is 11.6 Å². The highest BCUT2D eigenvalue weighted by atomic mass is 35.5. The molecule has 0 aliphatic carbocycles. The fourth-order valence-electron chi connectivity index (χ4n) is 2.89. The largest absolute Gasteiger partial charge is 0.437 e. The van der Waals surface area contributed by atoms with E-state index >= 15 is 0 Å². The Morgan fingerprint density at radius 3 is 2.63 bits per heavy atom. The molecule has 0 spiro atoms. The van der Waals surface area contributed by atoms with Crippen LogP contribution in [-0.2, 0) is 0 Å². The van der Waals surface area contributed by atoms with Gasteiger partial charge in [0.15, 0.2) is 0 Å². The van der Waals surface area contributed by atoms with Gasteiger partial charge in [0.25, 0.3) is 5.91 Å². The third-order valence-corrected chi connectivity index (χ3v) is 5.47. The average molecular weight is 401 g/mol. The van der Waals surface area contributed by atoms with Gasteiger partial charge in [-0.1, -0.05) is 29.8 Å². The van der Waals surface area contributed by atoms with Gasteiger partial charge in [-0.25, -0.2) is 9.97 Å². The van der Waals surface area contributed by atoms with E-state index in [-0.39, 0.29) is 5.91 Å². The third-order valence-electron chi connectivity index (χ3n) is 4.30. The van der Waals surface area contributed by atoms with Crippen LogP contribution in [-0.4, -0.2) is 47.0 Å². The Morgan fingerprint density at radius 2 is 1.89 bits per heavy atom.